The maximum Gasteiger partial charge on any atom is 0.222 e. The van der Waals surface area contributed by atoms with Gasteiger partial charge in [0.25, 0.3) is 0 Å². The molecule has 1 aliphatic rings. The smallest absolute Gasteiger partial charge is 0.222 e. The van der Waals surface area contributed by atoms with Crippen molar-refractivity contribution < 1.29 is 0 Å². The van der Waals surface area contributed by atoms with Gasteiger partial charge >= 0.3 is 0 Å². The maximum absolute atomic E-state index is 4.17. The third-order valence-electron chi connectivity index (χ3n) is 2.95. The number of halogens is 1. The van der Waals surface area contributed by atoms with Gasteiger partial charge in [-0.3, -0.25) is 0 Å². The van der Waals surface area contributed by atoms with E-state index in [1.165, 1.54) is 19.3 Å². The van der Waals surface area contributed by atoms with Gasteiger partial charge in [-0.25, -0.2) is 9.97 Å². The number of nitrogens with one attached hydrogen (secondary N) is 1. The lowest BCUT2D eigenvalue weighted by atomic mass is 10.0. The zero-order valence-corrected chi connectivity index (χ0v) is 9.84. The largest absolute Gasteiger partial charge is 0.354 e. The van der Waals surface area contributed by atoms with Crippen LogP contribution in [-0.4, -0.2) is 16.5 Å². The van der Waals surface area contributed by atoms with Crippen molar-refractivity contribution in [3.8, 4) is 0 Å². The Balaban J connectivity index is 1.89. The van der Waals surface area contributed by atoms with Gasteiger partial charge in [-0.05, 0) is 40.6 Å². The molecule has 1 N–H and O–H groups in total. The Hall–Kier alpha value is -0.640. The molecule has 1 heterocycles. The van der Waals surface area contributed by atoms with Crippen molar-refractivity contribution in [3.05, 3.63) is 16.9 Å². The Bertz CT molecular complexity index is 306. The van der Waals surface area contributed by atoms with Crippen LogP contribution >= 0.6 is 15.9 Å². The van der Waals surface area contributed by atoms with Crippen molar-refractivity contribution in [2.24, 2.45) is 5.41 Å². The fourth-order valence-corrected chi connectivity index (χ4v) is 1.71. The van der Waals surface area contributed by atoms with Crippen molar-refractivity contribution in [2.75, 3.05) is 11.9 Å². The molecule has 1 aliphatic carbocycles. The Morgan fingerprint density at radius 2 is 2.07 bits per heavy atom. The summed E-state index contributed by atoms with van der Waals surface area (Å²) in [4.78, 5) is 8.35. The van der Waals surface area contributed by atoms with E-state index < -0.39 is 0 Å². The summed E-state index contributed by atoms with van der Waals surface area (Å²) in [5.41, 5.74) is 0.538. The van der Waals surface area contributed by atoms with Crippen LogP contribution in [0.5, 0.6) is 0 Å². The number of hydrogen-bond donors (Lipinski definition) is 1. The highest BCUT2D eigenvalue weighted by molar-refractivity contribution is 9.10. The first kappa shape index (κ1) is 9.90. The van der Waals surface area contributed by atoms with Crippen molar-refractivity contribution >= 4 is 21.9 Å². The quantitative estimate of drug-likeness (QED) is 0.900. The lowest BCUT2D eigenvalue weighted by Gasteiger charge is -2.12. The maximum atomic E-state index is 4.17. The molecule has 1 fully saturated rings. The first-order valence-electron chi connectivity index (χ1n) is 4.95. The van der Waals surface area contributed by atoms with Crippen LogP contribution in [0.3, 0.4) is 0 Å². The van der Waals surface area contributed by atoms with E-state index in [0.29, 0.717) is 5.41 Å². The minimum atomic E-state index is 0.538. The van der Waals surface area contributed by atoms with Gasteiger partial charge in [0.05, 0.1) is 4.47 Å². The fourth-order valence-electron chi connectivity index (χ4n) is 1.50. The second-order valence-corrected chi connectivity index (χ2v) is 4.85. The van der Waals surface area contributed by atoms with Crippen molar-refractivity contribution in [1.82, 2.24) is 9.97 Å². The van der Waals surface area contributed by atoms with Crippen molar-refractivity contribution in [3.63, 3.8) is 0 Å². The van der Waals surface area contributed by atoms with E-state index in [2.05, 4.69) is 38.1 Å². The summed E-state index contributed by atoms with van der Waals surface area (Å²) in [5, 5.41) is 3.28. The van der Waals surface area contributed by atoms with Gasteiger partial charge in [-0.15, -0.1) is 0 Å². The van der Waals surface area contributed by atoms with Crippen molar-refractivity contribution in [2.45, 2.75) is 26.2 Å². The van der Waals surface area contributed by atoms with Gasteiger partial charge in [0.15, 0.2) is 0 Å². The number of aromatic nitrogens is 2. The molecule has 14 heavy (non-hydrogen) atoms. The molecule has 0 atom stereocenters. The van der Waals surface area contributed by atoms with E-state index in [1.54, 1.807) is 12.4 Å². The second kappa shape index (κ2) is 3.85. The first-order chi connectivity index (χ1) is 6.74. The molecular formula is C10H14BrN3. The average molecular weight is 256 g/mol. The SMILES string of the molecule is CCC1(CNc2ncc(Br)cn2)CC1. The van der Waals surface area contributed by atoms with E-state index in [0.717, 1.165) is 17.0 Å². The zero-order valence-electron chi connectivity index (χ0n) is 8.26. The molecule has 0 aliphatic heterocycles. The van der Waals surface area contributed by atoms with E-state index in [9.17, 15) is 0 Å². The lowest BCUT2D eigenvalue weighted by Crippen LogP contribution is -2.15. The summed E-state index contributed by atoms with van der Waals surface area (Å²) in [6.07, 6.45) is 7.46. The molecule has 1 aromatic heterocycles. The van der Waals surface area contributed by atoms with Crippen LogP contribution in [0.15, 0.2) is 16.9 Å². The number of rotatable bonds is 4. The molecule has 0 radical (unpaired) electrons. The molecule has 0 aromatic carbocycles. The van der Waals surface area contributed by atoms with Gasteiger partial charge in [0.2, 0.25) is 5.95 Å². The second-order valence-electron chi connectivity index (χ2n) is 3.93. The summed E-state index contributed by atoms with van der Waals surface area (Å²) in [6, 6.07) is 0. The molecule has 1 aromatic rings. The molecule has 0 bridgehead atoms. The first-order valence-corrected chi connectivity index (χ1v) is 5.75. The zero-order chi connectivity index (χ0) is 10.0. The van der Waals surface area contributed by atoms with Crippen LogP contribution < -0.4 is 5.32 Å². The predicted octanol–water partition coefficient (Wildman–Crippen LogP) is 2.84. The molecule has 3 nitrogen and oxygen atoms in total. The van der Waals surface area contributed by atoms with E-state index >= 15 is 0 Å². The molecule has 76 valence electrons. The molecule has 0 spiro atoms. The molecule has 0 saturated heterocycles. The Morgan fingerprint density at radius 1 is 1.43 bits per heavy atom. The van der Waals surface area contributed by atoms with Crippen LogP contribution in [0.25, 0.3) is 0 Å². The Kier molecular flexibility index (Phi) is 2.72. The third kappa shape index (κ3) is 2.23. The molecule has 2 rings (SSSR count). The van der Waals surface area contributed by atoms with Crippen LogP contribution in [0, 0.1) is 5.41 Å². The normalized spacial score (nSPS) is 17.9. The number of nitrogens with zero attached hydrogens (tertiary/aromatic N) is 2. The fraction of sp³-hybridized carbons (Fsp3) is 0.600. The minimum absolute atomic E-state index is 0.538. The minimum Gasteiger partial charge on any atom is -0.354 e. The van der Waals surface area contributed by atoms with Gasteiger partial charge < -0.3 is 5.32 Å². The van der Waals surface area contributed by atoms with Crippen LogP contribution in [0.1, 0.15) is 26.2 Å². The lowest BCUT2D eigenvalue weighted by molar-refractivity contribution is 0.520. The van der Waals surface area contributed by atoms with Gasteiger partial charge in [0.1, 0.15) is 0 Å². The molecule has 4 heteroatoms. The highest BCUT2D eigenvalue weighted by Crippen LogP contribution is 2.48. The Labute approximate surface area is 92.5 Å². The van der Waals surface area contributed by atoms with Crippen LogP contribution in [0.2, 0.25) is 0 Å². The summed E-state index contributed by atoms with van der Waals surface area (Å²) < 4.78 is 0.916. The average Bonchev–Trinajstić information content (AvgIpc) is 2.98. The monoisotopic (exact) mass is 255 g/mol. The predicted molar refractivity (Wildman–Crippen MR) is 60.2 cm³/mol. The number of hydrogen-bond acceptors (Lipinski definition) is 3. The third-order valence-corrected chi connectivity index (χ3v) is 3.36. The molecular weight excluding hydrogens is 242 g/mol. The number of anilines is 1. The topological polar surface area (TPSA) is 37.8 Å². The van der Waals surface area contributed by atoms with Crippen LogP contribution in [0.4, 0.5) is 5.95 Å². The van der Waals surface area contributed by atoms with Gasteiger partial charge in [-0.1, -0.05) is 6.92 Å². The highest BCUT2D eigenvalue weighted by Gasteiger charge is 2.40. The molecule has 1 saturated carbocycles. The standard InChI is InChI=1S/C10H14BrN3/c1-2-10(3-4-10)7-14-9-12-5-8(11)6-13-9/h5-6H,2-4,7H2,1H3,(H,12,13,14). The summed E-state index contributed by atoms with van der Waals surface area (Å²) in [5.74, 6) is 0.730. The molecule has 0 amide bonds. The van der Waals surface area contributed by atoms with E-state index in [1.807, 2.05) is 0 Å². The van der Waals surface area contributed by atoms with E-state index in [-0.39, 0.29) is 0 Å². The van der Waals surface area contributed by atoms with Gasteiger partial charge in [0, 0.05) is 18.9 Å². The highest BCUT2D eigenvalue weighted by atomic mass is 79.9. The van der Waals surface area contributed by atoms with Crippen LogP contribution in [-0.2, 0) is 0 Å². The van der Waals surface area contributed by atoms with Crippen molar-refractivity contribution in [1.29, 1.82) is 0 Å². The summed E-state index contributed by atoms with van der Waals surface area (Å²) >= 11 is 3.31. The summed E-state index contributed by atoms with van der Waals surface area (Å²) in [6.45, 7) is 3.25. The van der Waals surface area contributed by atoms with E-state index in [4.69, 9.17) is 0 Å². The Morgan fingerprint density at radius 3 is 2.57 bits per heavy atom. The van der Waals surface area contributed by atoms with Gasteiger partial charge in [-0.2, -0.15) is 0 Å². The molecule has 0 unspecified atom stereocenters. The summed E-state index contributed by atoms with van der Waals surface area (Å²) in [7, 11) is 0.